The summed E-state index contributed by atoms with van der Waals surface area (Å²) in [7, 11) is 0. The van der Waals surface area contributed by atoms with Crippen molar-refractivity contribution in [3.8, 4) is 0 Å². The zero-order valence-corrected chi connectivity index (χ0v) is 9.58. The Bertz CT molecular complexity index is 183. The third kappa shape index (κ3) is 5.17. The van der Waals surface area contributed by atoms with Gasteiger partial charge in [-0.15, -0.1) is 0 Å². The summed E-state index contributed by atoms with van der Waals surface area (Å²) < 4.78 is 5.69. The molecule has 0 atom stereocenters. The highest BCUT2D eigenvalue weighted by Crippen LogP contribution is 2.29. The highest BCUT2D eigenvalue weighted by atomic mass is 16.5. The topological polar surface area (TPSA) is 46.5 Å². The van der Waals surface area contributed by atoms with Crippen LogP contribution in [0.25, 0.3) is 0 Å². The molecular formula is C12H22O3. The molecule has 0 aromatic carbocycles. The van der Waals surface area contributed by atoms with Crippen LogP contribution >= 0.6 is 0 Å². The van der Waals surface area contributed by atoms with Crippen molar-refractivity contribution in [1.29, 1.82) is 0 Å². The van der Waals surface area contributed by atoms with Gasteiger partial charge in [-0.3, -0.25) is 4.79 Å². The fourth-order valence-electron chi connectivity index (χ4n) is 2.20. The van der Waals surface area contributed by atoms with Crippen LogP contribution < -0.4 is 0 Å². The van der Waals surface area contributed by atoms with E-state index < -0.39 is 5.97 Å². The van der Waals surface area contributed by atoms with E-state index in [2.05, 4.69) is 6.92 Å². The molecule has 3 heteroatoms. The minimum Gasteiger partial charge on any atom is -0.481 e. The van der Waals surface area contributed by atoms with Crippen LogP contribution in [0.2, 0.25) is 0 Å². The van der Waals surface area contributed by atoms with Crippen molar-refractivity contribution in [2.45, 2.75) is 58.0 Å². The Hall–Kier alpha value is -0.570. The molecular weight excluding hydrogens is 192 g/mol. The number of ether oxygens (including phenoxy) is 1. The number of hydrogen-bond acceptors (Lipinski definition) is 2. The van der Waals surface area contributed by atoms with E-state index in [-0.39, 0.29) is 0 Å². The average Bonchev–Trinajstić information content (AvgIpc) is 2.25. The molecule has 0 spiro atoms. The molecule has 1 saturated carbocycles. The predicted molar refractivity (Wildman–Crippen MR) is 58.9 cm³/mol. The van der Waals surface area contributed by atoms with Gasteiger partial charge in [0, 0.05) is 13.0 Å². The Kier molecular flexibility index (Phi) is 5.69. The summed E-state index contributed by atoms with van der Waals surface area (Å²) in [6, 6.07) is 0. The molecule has 0 aromatic rings. The molecule has 1 aliphatic carbocycles. The summed E-state index contributed by atoms with van der Waals surface area (Å²) in [5.74, 6) is -0.0538. The molecule has 0 radical (unpaired) electrons. The Morgan fingerprint density at radius 1 is 1.33 bits per heavy atom. The quantitative estimate of drug-likeness (QED) is 0.739. The number of carbonyl (C=O) groups is 1. The van der Waals surface area contributed by atoms with Gasteiger partial charge < -0.3 is 9.84 Å². The minimum atomic E-state index is -0.667. The van der Waals surface area contributed by atoms with Crippen molar-refractivity contribution in [2.75, 3.05) is 6.61 Å². The lowest BCUT2D eigenvalue weighted by atomic mass is 9.84. The summed E-state index contributed by atoms with van der Waals surface area (Å²) in [5.41, 5.74) is 0. The largest absolute Gasteiger partial charge is 0.481 e. The van der Waals surface area contributed by atoms with E-state index in [0.29, 0.717) is 18.4 Å². The van der Waals surface area contributed by atoms with Crippen LogP contribution in [0.1, 0.15) is 51.9 Å². The third-order valence-electron chi connectivity index (χ3n) is 3.12. The summed E-state index contributed by atoms with van der Waals surface area (Å²) in [6.45, 7) is 2.99. The first-order valence-corrected chi connectivity index (χ1v) is 6.05. The Morgan fingerprint density at radius 2 is 2.00 bits per heavy atom. The summed E-state index contributed by atoms with van der Waals surface area (Å²) in [5, 5.41) is 8.59. The lowest BCUT2D eigenvalue weighted by Crippen LogP contribution is -2.22. The monoisotopic (exact) mass is 214 g/mol. The summed E-state index contributed by atoms with van der Waals surface area (Å²) in [6.07, 6.45) is 7.20. The average molecular weight is 214 g/mol. The van der Waals surface area contributed by atoms with E-state index in [0.717, 1.165) is 45.1 Å². The lowest BCUT2D eigenvalue weighted by molar-refractivity contribution is -0.137. The summed E-state index contributed by atoms with van der Waals surface area (Å²) in [4.78, 5) is 10.4. The van der Waals surface area contributed by atoms with Crippen molar-refractivity contribution in [1.82, 2.24) is 0 Å². The normalized spacial score (nSPS) is 26.5. The first kappa shape index (κ1) is 12.5. The van der Waals surface area contributed by atoms with Crippen molar-refractivity contribution < 1.29 is 14.6 Å². The van der Waals surface area contributed by atoms with E-state index in [1.165, 1.54) is 0 Å². The Balaban J connectivity index is 2.09. The maximum Gasteiger partial charge on any atom is 0.303 e. The standard InChI is InChI=1S/C12H22O3/c1-2-9-15-11-6-3-10(4-7-11)5-8-12(13)14/h10-11H,2-9H2,1H3,(H,13,14). The first-order chi connectivity index (χ1) is 7.22. The number of hydrogen-bond donors (Lipinski definition) is 1. The van der Waals surface area contributed by atoms with Crippen LogP contribution in [0.3, 0.4) is 0 Å². The van der Waals surface area contributed by atoms with E-state index in [4.69, 9.17) is 9.84 Å². The molecule has 3 nitrogen and oxygen atoms in total. The van der Waals surface area contributed by atoms with Crippen LogP contribution in [-0.2, 0) is 9.53 Å². The molecule has 1 aliphatic rings. The van der Waals surface area contributed by atoms with Crippen molar-refractivity contribution in [2.24, 2.45) is 5.92 Å². The van der Waals surface area contributed by atoms with Gasteiger partial charge in [-0.2, -0.15) is 0 Å². The van der Waals surface area contributed by atoms with Crippen LogP contribution in [-0.4, -0.2) is 23.8 Å². The smallest absolute Gasteiger partial charge is 0.303 e. The second-order valence-corrected chi connectivity index (χ2v) is 4.45. The predicted octanol–water partition coefficient (Wildman–Crippen LogP) is 2.84. The van der Waals surface area contributed by atoms with Gasteiger partial charge in [0.25, 0.3) is 0 Å². The Labute approximate surface area is 91.8 Å². The zero-order valence-electron chi connectivity index (χ0n) is 9.58. The molecule has 0 heterocycles. The maximum atomic E-state index is 10.4. The van der Waals surface area contributed by atoms with Gasteiger partial charge in [0.05, 0.1) is 6.10 Å². The fourth-order valence-corrected chi connectivity index (χ4v) is 2.20. The summed E-state index contributed by atoms with van der Waals surface area (Å²) >= 11 is 0. The molecule has 15 heavy (non-hydrogen) atoms. The van der Waals surface area contributed by atoms with Gasteiger partial charge in [0.1, 0.15) is 0 Å². The molecule has 0 aliphatic heterocycles. The maximum absolute atomic E-state index is 10.4. The van der Waals surface area contributed by atoms with Crippen molar-refractivity contribution >= 4 is 5.97 Å². The van der Waals surface area contributed by atoms with Gasteiger partial charge in [0.15, 0.2) is 0 Å². The van der Waals surface area contributed by atoms with E-state index in [1.807, 2.05) is 0 Å². The van der Waals surface area contributed by atoms with Gasteiger partial charge in [-0.05, 0) is 44.4 Å². The Morgan fingerprint density at radius 3 is 2.53 bits per heavy atom. The molecule has 0 aromatic heterocycles. The number of carboxylic acids is 1. The molecule has 1 rings (SSSR count). The number of aliphatic carboxylic acids is 1. The first-order valence-electron chi connectivity index (χ1n) is 6.05. The van der Waals surface area contributed by atoms with E-state index in [9.17, 15) is 4.79 Å². The molecule has 0 saturated heterocycles. The van der Waals surface area contributed by atoms with Gasteiger partial charge in [0.2, 0.25) is 0 Å². The van der Waals surface area contributed by atoms with E-state index in [1.54, 1.807) is 0 Å². The number of rotatable bonds is 6. The molecule has 0 bridgehead atoms. The second-order valence-electron chi connectivity index (χ2n) is 4.45. The van der Waals surface area contributed by atoms with Crippen LogP contribution in [0.4, 0.5) is 0 Å². The molecule has 1 N–H and O–H groups in total. The fraction of sp³-hybridized carbons (Fsp3) is 0.917. The third-order valence-corrected chi connectivity index (χ3v) is 3.12. The number of carboxylic acid groups (broad SMARTS) is 1. The highest BCUT2D eigenvalue weighted by molar-refractivity contribution is 5.66. The SMILES string of the molecule is CCCOC1CCC(CCC(=O)O)CC1. The lowest BCUT2D eigenvalue weighted by Gasteiger charge is -2.28. The van der Waals surface area contributed by atoms with Gasteiger partial charge >= 0.3 is 5.97 Å². The highest BCUT2D eigenvalue weighted by Gasteiger charge is 2.21. The molecule has 0 unspecified atom stereocenters. The zero-order chi connectivity index (χ0) is 11.1. The van der Waals surface area contributed by atoms with Crippen molar-refractivity contribution in [3.05, 3.63) is 0 Å². The van der Waals surface area contributed by atoms with E-state index >= 15 is 0 Å². The van der Waals surface area contributed by atoms with Crippen LogP contribution in [0.5, 0.6) is 0 Å². The van der Waals surface area contributed by atoms with Crippen LogP contribution in [0, 0.1) is 5.92 Å². The van der Waals surface area contributed by atoms with Crippen molar-refractivity contribution in [3.63, 3.8) is 0 Å². The van der Waals surface area contributed by atoms with Gasteiger partial charge in [-0.25, -0.2) is 0 Å². The van der Waals surface area contributed by atoms with Crippen LogP contribution in [0.15, 0.2) is 0 Å². The second kappa shape index (κ2) is 6.83. The minimum absolute atomic E-state index is 0.325. The molecule has 1 fully saturated rings. The molecule has 0 amide bonds. The van der Waals surface area contributed by atoms with Gasteiger partial charge in [-0.1, -0.05) is 6.92 Å². The molecule has 88 valence electrons.